The number of rotatable bonds is 5. The van der Waals surface area contributed by atoms with Crippen molar-refractivity contribution in [1.29, 1.82) is 0 Å². The molecule has 1 rings (SSSR count). The van der Waals surface area contributed by atoms with Crippen LogP contribution in [0.2, 0.25) is 0 Å². The molecule has 1 saturated carbocycles. The fraction of sp³-hybridized carbons (Fsp3) is 0.800. The van der Waals surface area contributed by atoms with Crippen LogP contribution >= 0.6 is 0 Å². The van der Waals surface area contributed by atoms with Crippen LogP contribution in [0.3, 0.4) is 0 Å². The van der Waals surface area contributed by atoms with Crippen LogP contribution in [0.4, 0.5) is 0 Å². The van der Waals surface area contributed by atoms with Gasteiger partial charge in [0, 0.05) is 13.1 Å². The number of nitrogens with one attached hydrogen (secondary N) is 1. The monoisotopic (exact) mass is 213 g/mol. The maximum atomic E-state index is 11.5. The number of hydrogen-bond donors (Lipinski definition) is 2. The highest BCUT2D eigenvalue weighted by molar-refractivity contribution is 5.87. The molecule has 0 aromatic carbocycles. The van der Waals surface area contributed by atoms with Gasteiger partial charge in [0.05, 0.1) is 12.6 Å². The van der Waals surface area contributed by atoms with E-state index in [-0.39, 0.29) is 18.4 Å². The number of hydrogen-bond acceptors (Lipinski definition) is 3. The maximum Gasteiger partial charge on any atom is 0.239 e. The molecule has 0 radical (unpaired) electrons. The molecule has 5 nitrogen and oxygen atoms in total. The average Bonchev–Trinajstić information content (AvgIpc) is 2.98. The Morgan fingerprint density at radius 3 is 2.60 bits per heavy atom. The Balaban J connectivity index is 2.29. The summed E-state index contributed by atoms with van der Waals surface area (Å²) in [4.78, 5) is 24.3. The van der Waals surface area contributed by atoms with Crippen LogP contribution in [-0.4, -0.2) is 42.4 Å². The highest BCUT2D eigenvalue weighted by atomic mass is 16.2. The smallest absolute Gasteiger partial charge is 0.239 e. The molecule has 3 N–H and O–H groups in total. The first-order chi connectivity index (χ1) is 7.04. The molecule has 0 spiro atoms. The third kappa shape index (κ3) is 3.87. The predicted molar refractivity (Wildman–Crippen MR) is 57.1 cm³/mol. The van der Waals surface area contributed by atoms with Crippen molar-refractivity contribution in [2.75, 3.05) is 13.6 Å². The van der Waals surface area contributed by atoms with Crippen molar-refractivity contribution in [2.45, 2.75) is 38.3 Å². The first kappa shape index (κ1) is 12.0. The fourth-order valence-corrected chi connectivity index (χ4v) is 1.25. The third-order valence-corrected chi connectivity index (χ3v) is 2.46. The third-order valence-electron chi connectivity index (χ3n) is 2.46. The Morgan fingerprint density at radius 1 is 1.53 bits per heavy atom. The van der Waals surface area contributed by atoms with E-state index in [2.05, 4.69) is 5.32 Å². The minimum Gasteiger partial charge on any atom is -0.352 e. The molecule has 0 heterocycles. The van der Waals surface area contributed by atoms with E-state index in [9.17, 15) is 9.59 Å². The summed E-state index contributed by atoms with van der Waals surface area (Å²) in [5.41, 5.74) is 5.58. The quantitative estimate of drug-likeness (QED) is 0.644. The van der Waals surface area contributed by atoms with Gasteiger partial charge in [-0.05, 0) is 19.3 Å². The molecule has 0 saturated heterocycles. The summed E-state index contributed by atoms with van der Waals surface area (Å²) >= 11 is 0. The van der Waals surface area contributed by atoms with Gasteiger partial charge < -0.3 is 16.0 Å². The molecular weight excluding hydrogens is 194 g/mol. The van der Waals surface area contributed by atoms with E-state index < -0.39 is 6.04 Å². The Morgan fingerprint density at radius 2 is 2.13 bits per heavy atom. The number of carbonyl (C=O) groups excluding carboxylic acids is 2. The topological polar surface area (TPSA) is 75.4 Å². The van der Waals surface area contributed by atoms with Gasteiger partial charge in [-0.25, -0.2) is 0 Å². The fourth-order valence-electron chi connectivity index (χ4n) is 1.25. The molecule has 0 bridgehead atoms. The highest BCUT2D eigenvalue weighted by Crippen LogP contribution is 2.18. The van der Waals surface area contributed by atoms with Crippen molar-refractivity contribution in [3.8, 4) is 0 Å². The first-order valence-electron chi connectivity index (χ1n) is 5.34. The zero-order valence-corrected chi connectivity index (χ0v) is 9.32. The molecule has 1 fully saturated rings. The van der Waals surface area contributed by atoms with Crippen molar-refractivity contribution >= 4 is 11.8 Å². The van der Waals surface area contributed by atoms with Gasteiger partial charge in [-0.2, -0.15) is 0 Å². The lowest BCUT2D eigenvalue weighted by Crippen LogP contribution is -2.45. The molecule has 86 valence electrons. The lowest BCUT2D eigenvalue weighted by molar-refractivity contribution is -0.135. The maximum absolute atomic E-state index is 11.5. The van der Waals surface area contributed by atoms with E-state index in [1.807, 2.05) is 6.92 Å². The van der Waals surface area contributed by atoms with Crippen molar-refractivity contribution in [1.82, 2.24) is 10.2 Å². The van der Waals surface area contributed by atoms with Crippen LogP contribution in [0.25, 0.3) is 0 Å². The standard InChI is InChI=1S/C10H19N3O2/c1-3-8(11)10(15)13(2)6-9(14)12-7-4-5-7/h7-8H,3-6,11H2,1-2H3,(H,12,14)/t8-/m0/s1. The molecule has 0 unspecified atom stereocenters. The summed E-state index contributed by atoms with van der Waals surface area (Å²) in [5, 5.41) is 2.82. The van der Waals surface area contributed by atoms with E-state index in [1.54, 1.807) is 7.05 Å². The van der Waals surface area contributed by atoms with Crippen molar-refractivity contribution in [3.63, 3.8) is 0 Å². The lowest BCUT2D eigenvalue weighted by Gasteiger charge is -2.19. The van der Waals surface area contributed by atoms with E-state index >= 15 is 0 Å². The molecule has 15 heavy (non-hydrogen) atoms. The van der Waals surface area contributed by atoms with Gasteiger partial charge in [0.1, 0.15) is 0 Å². The first-order valence-corrected chi connectivity index (χ1v) is 5.34. The van der Waals surface area contributed by atoms with Crippen LogP contribution in [-0.2, 0) is 9.59 Å². The normalized spacial score (nSPS) is 17.0. The molecule has 1 aliphatic carbocycles. The van der Waals surface area contributed by atoms with Gasteiger partial charge in [-0.3, -0.25) is 9.59 Å². The SMILES string of the molecule is CC[C@H](N)C(=O)N(C)CC(=O)NC1CC1. The molecule has 5 heteroatoms. The molecule has 1 aliphatic rings. The van der Waals surface area contributed by atoms with Gasteiger partial charge in [0.15, 0.2) is 0 Å². The zero-order valence-electron chi connectivity index (χ0n) is 9.32. The van der Waals surface area contributed by atoms with Gasteiger partial charge >= 0.3 is 0 Å². The van der Waals surface area contributed by atoms with Crippen molar-refractivity contribution in [3.05, 3.63) is 0 Å². The van der Waals surface area contributed by atoms with Gasteiger partial charge in [-0.1, -0.05) is 6.92 Å². The number of likely N-dealkylation sites (N-methyl/N-ethyl adjacent to an activating group) is 1. The van der Waals surface area contributed by atoms with E-state index in [1.165, 1.54) is 4.90 Å². The highest BCUT2D eigenvalue weighted by Gasteiger charge is 2.25. The average molecular weight is 213 g/mol. The molecule has 0 aromatic rings. The number of carbonyl (C=O) groups is 2. The number of nitrogens with zero attached hydrogens (tertiary/aromatic N) is 1. The number of nitrogens with two attached hydrogens (primary N) is 1. The van der Waals surface area contributed by atoms with Crippen LogP contribution < -0.4 is 11.1 Å². The van der Waals surface area contributed by atoms with Gasteiger partial charge in [-0.15, -0.1) is 0 Å². The Labute approximate surface area is 90.0 Å². The van der Waals surface area contributed by atoms with E-state index in [4.69, 9.17) is 5.73 Å². The van der Waals surface area contributed by atoms with Crippen molar-refractivity contribution < 1.29 is 9.59 Å². The zero-order chi connectivity index (χ0) is 11.4. The van der Waals surface area contributed by atoms with Gasteiger partial charge in [0.2, 0.25) is 11.8 Å². The summed E-state index contributed by atoms with van der Waals surface area (Å²) < 4.78 is 0. The Bertz CT molecular complexity index is 251. The van der Waals surface area contributed by atoms with Crippen LogP contribution in [0.5, 0.6) is 0 Å². The van der Waals surface area contributed by atoms with E-state index in [0.29, 0.717) is 12.5 Å². The van der Waals surface area contributed by atoms with E-state index in [0.717, 1.165) is 12.8 Å². The Kier molecular flexibility index (Phi) is 4.08. The molecule has 1 atom stereocenters. The van der Waals surface area contributed by atoms with Crippen LogP contribution in [0.15, 0.2) is 0 Å². The number of amides is 2. The second-order valence-corrected chi connectivity index (χ2v) is 4.05. The molecular formula is C10H19N3O2. The molecule has 2 amide bonds. The summed E-state index contributed by atoms with van der Waals surface area (Å²) in [6, 6.07) is -0.162. The Hall–Kier alpha value is -1.10. The summed E-state index contributed by atoms with van der Waals surface area (Å²) in [6.45, 7) is 1.95. The largest absolute Gasteiger partial charge is 0.352 e. The summed E-state index contributed by atoms with van der Waals surface area (Å²) in [6.07, 6.45) is 2.70. The summed E-state index contributed by atoms with van der Waals surface area (Å²) in [5.74, 6) is -0.278. The molecule has 0 aliphatic heterocycles. The van der Waals surface area contributed by atoms with Gasteiger partial charge in [0.25, 0.3) is 0 Å². The summed E-state index contributed by atoms with van der Waals surface area (Å²) in [7, 11) is 1.60. The minimum atomic E-state index is -0.497. The lowest BCUT2D eigenvalue weighted by atomic mass is 10.2. The second-order valence-electron chi connectivity index (χ2n) is 4.05. The molecule has 0 aromatic heterocycles. The van der Waals surface area contributed by atoms with Crippen LogP contribution in [0, 0.1) is 0 Å². The van der Waals surface area contributed by atoms with Crippen molar-refractivity contribution in [2.24, 2.45) is 5.73 Å². The van der Waals surface area contributed by atoms with Crippen LogP contribution in [0.1, 0.15) is 26.2 Å². The predicted octanol–water partition coefficient (Wildman–Crippen LogP) is -0.539. The second kappa shape index (κ2) is 5.11. The minimum absolute atomic E-state index is 0.100.